The summed E-state index contributed by atoms with van der Waals surface area (Å²) in [4.78, 5) is 28.7. The first-order valence-corrected chi connectivity index (χ1v) is 15.7. The summed E-state index contributed by atoms with van der Waals surface area (Å²) in [5, 5.41) is 2.90. The van der Waals surface area contributed by atoms with Crippen LogP contribution in [0.25, 0.3) is 0 Å². The van der Waals surface area contributed by atoms with Crippen LogP contribution in [-0.2, 0) is 26.2 Å². The van der Waals surface area contributed by atoms with Crippen LogP contribution >= 0.6 is 15.9 Å². The molecule has 0 fully saturated rings. The van der Waals surface area contributed by atoms with Gasteiger partial charge in [-0.15, -0.1) is 0 Å². The number of amides is 2. The first-order chi connectivity index (χ1) is 18.9. The molecule has 2 amide bonds. The van der Waals surface area contributed by atoms with E-state index in [1.165, 1.54) is 4.90 Å². The Bertz CT molecular complexity index is 1440. The molecule has 0 aliphatic heterocycles. The van der Waals surface area contributed by atoms with Crippen LogP contribution in [0.4, 0.5) is 5.69 Å². The van der Waals surface area contributed by atoms with Gasteiger partial charge < -0.3 is 10.2 Å². The molecule has 3 aromatic rings. The number of sulfonamides is 1. The van der Waals surface area contributed by atoms with Crippen LogP contribution in [0.15, 0.2) is 76.1 Å². The van der Waals surface area contributed by atoms with Gasteiger partial charge in [0.25, 0.3) is 10.0 Å². The summed E-state index contributed by atoms with van der Waals surface area (Å²) in [7, 11) is -4.10. The van der Waals surface area contributed by atoms with Crippen LogP contribution in [0.2, 0.25) is 0 Å². The Hall–Kier alpha value is -3.17. The van der Waals surface area contributed by atoms with E-state index in [0.717, 1.165) is 43.9 Å². The predicted molar refractivity (Wildman–Crippen MR) is 164 cm³/mol. The van der Waals surface area contributed by atoms with Crippen molar-refractivity contribution in [1.29, 1.82) is 0 Å². The van der Waals surface area contributed by atoms with Gasteiger partial charge in [0.1, 0.15) is 12.6 Å². The minimum atomic E-state index is -4.10. The second-order valence-electron chi connectivity index (χ2n) is 10.1. The summed E-state index contributed by atoms with van der Waals surface area (Å²) in [5.74, 6) is -0.758. The Kier molecular flexibility index (Phi) is 10.9. The number of halogens is 1. The first kappa shape index (κ1) is 31.4. The van der Waals surface area contributed by atoms with E-state index in [9.17, 15) is 18.0 Å². The zero-order valence-electron chi connectivity index (χ0n) is 23.8. The topological polar surface area (TPSA) is 86.8 Å². The smallest absolute Gasteiger partial charge is 0.264 e. The number of carbonyl (C=O) groups is 2. The number of anilines is 1. The van der Waals surface area contributed by atoms with Gasteiger partial charge in [-0.25, -0.2) is 8.42 Å². The van der Waals surface area contributed by atoms with Crippen LogP contribution in [0.3, 0.4) is 0 Å². The molecule has 0 saturated carbocycles. The number of hydrogen-bond donors (Lipinski definition) is 1. The molecular weight excluding hydrogens is 590 g/mol. The third kappa shape index (κ3) is 7.95. The van der Waals surface area contributed by atoms with E-state index in [1.807, 2.05) is 64.1 Å². The molecule has 0 radical (unpaired) electrons. The van der Waals surface area contributed by atoms with Crippen molar-refractivity contribution in [3.05, 3.63) is 93.5 Å². The SMILES string of the molecule is CCCCNC(=O)C(C)N(Cc1cccc(Br)c1)C(=O)CN(c1cc(C)ccc1C)S(=O)(=O)c1ccc(C)cc1. The van der Waals surface area contributed by atoms with Crippen molar-refractivity contribution in [1.82, 2.24) is 10.2 Å². The molecule has 3 aromatic carbocycles. The summed E-state index contributed by atoms with van der Waals surface area (Å²) in [6.07, 6.45) is 1.75. The lowest BCUT2D eigenvalue weighted by atomic mass is 10.1. The molecule has 40 heavy (non-hydrogen) atoms. The van der Waals surface area contributed by atoms with Gasteiger partial charge in [-0.1, -0.05) is 71.2 Å². The molecule has 1 N–H and O–H groups in total. The Labute approximate surface area is 246 Å². The highest BCUT2D eigenvalue weighted by Gasteiger charge is 2.33. The maximum Gasteiger partial charge on any atom is 0.264 e. The van der Waals surface area contributed by atoms with Gasteiger partial charge >= 0.3 is 0 Å². The van der Waals surface area contributed by atoms with Gasteiger partial charge in [0.15, 0.2) is 0 Å². The molecule has 7 nitrogen and oxygen atoms in total. The minimum Gasteiger partial charge on any atom is -0.354 e. The molecule has 214 valence electrons. The molecule has 0 spiro atoms. The quantitative estimate of drug-likeness (QED) is 0.253. The van der Waals surface area contributed by atoms with Crippen LogP contribution in [0, 0.1) is 20.8 Å². The molecule has 0 aromatic heterocycles. The van der Waals surface area contributed by atoms with E-state index < -0.39 is 28.5 Å². The Morgan fingerprint density at radius 2 is 1.62 bits per heavy atom. The zero-order valence-corrected chi connectivity index (χ0v) is 26.2. The molecular formula is C31H38BrN3O4S. The van der Waals surface area contributed by atoms with Gasteiger partial charge in [0.05, 0.1) is 10.6 Å². The van der Waals surface area contributed by atoms with Gasteiger partial charge in [-0.3, -0.25) is 13.9 Å². The third-order valence-corrected chi connectivity index (χ3v) is 9.03. The monoisotopic (exact) mass is 627 g/mol. The lowest BCUT2D eigenvalue weighted by molar-refractivity contribution is -0.139. The molecule has 0 saturated heterocycles. The van der Waals surface area contributed by atoms with E-state index in [0.29, 0.717) is 12.2 Å². The average molecular weight is 629 g/mol. The van der Waals surface area contributed by atoms with Crippen molar-refractivity contribution in [3.8, 4) is 0 Å². The lowest BCUT2D eigenvalue weighted by Crippen LogP contribution is -2.51. The number of carbonyl (C=O) groups excluding carboxylic acids is 2. The lowest BCUT2D eigenvalue weighted by Gasteiger charge is -2.32. The average Bonchev–Trinajstić information content (AvgIpc) is 2.91. The number of benzene rings is 3. The number of rotatable bonds is 12. The summed E-state index contributed by atoms with van der Waals surface area (Å²) in [5.41, 5.74) is 3.76. The fraction of sp³-hybridized carbons (Fsp3) is 0.355. The van der Waals surface area contributed by atoms with Crippen molar-refractivity contribution in [2.24, 2.45) is 0 Å². The number of nitrogens with one attached hydrogen (secondary N) is 1. The van der Waals surface area contributed by atoms with E-state index in [-0.39, 0.29) is 17.3 Å². The third-order valence-electron chi connectivity index (χ3n) is 6.76. The summed E-state index contributed by atoms with van der Waals surface area (Å²) >= 11 is 3.47. The van der Waals surface area contributed by atoms with Crippen molar-refractivity contribution in [3.63, 3.8) is 0 Å². The zero-order chi connectivity index (χ0) is 29.4. The van der Waals surface area contributed by atoms with Gasteiger partial charge in [0, 0.05) is 17.6 Å². The van der Waals surface area contributed by atoms with Crippen molar-refractivity contribution < 1.29 is 18.0 Å². The Morgan fingerprint density at radius 3 is 2.27 bits per heavy atom. The van der Waals surface area contributed by atoms with Crippen LogP contribution in [-0.4, -0.2) is 44.3 Å². The molecule has 1 atom stereocenters. The second-order valence-corrected chi connectivity index (χ2v) is 12.9. The molecule has 0 heterocycles. The van der Waals surface area contributed by atoms with E-state index in [4.69, 9.17) is 0 Å². The summed E-state index contributed by atoms with van der Waals surface area (Å²) in [6.45, 7) is 9.49. The molecule has 9 heteroatoms. The standard InChI is InChI=1S/C31H38BrN3O4S/c1-6-7-17-33-31(37)25(5)34(20-26-9-8-10-27(32)19-26)30(36)21-35(29-18-23(3)11-14-24(29)4)40(38,39)28-15-12-22(2)13-16-28/h8-16,18-19,25H,6-7,17,20-21H2,1-5H3,(H,33,37). The number of hydrogen-bond acceptors (Lipinski definition) is 4. The second kappa shape index (κ2) is 13.9. The molecule has 0 aliphatic carbocycles. The van der Waals surface area contributed by atoms with Gasteiger partial charge in [-0.05, 0) is 81.1 Å². The van der Waals surface area contributed by atoms with Crippen molar-refractivity contribution >= 4 is 43.5 Å². The number of aryl methyl sites for hydroxylation is 3. The fourth-order valence-corrected chi connectivity index (χ4v) is 6.21. The summed E-state index contributed by atoms with van der Waals surface area (Å²) < 4.78 is 30.0. The molecule has 0 bridgehead atoms. The largest absolute Gasteiger partial charge is 0.354 e. The molecule has 0 aliphatic rings. The highest BCUT2D eigenvalue weighted by Crippen LogP contribution is 2.29. The van der Waals surface area contributed by atoms with Crippen molar-refractivity contribution in [2.45, 2.75) is 64.9 Å². The van der Waals surface area contributed by atoms with Crippen LogP contribution < -0.4 is 9.62 Å². The fourth-order valence-electron chi connectivity index (χ4n) is 4.29. The van der Waals surface area contributed by atoms with Gasteiger partial charge in [-0.2, -0.15) is 0 Å². The van der Waals surface area contributed by atoms with E-state index in [2.05, 4.69) is 21.2 Å². The highest BCUT2D eigenvalue weighted by atomic mass is 79.9. The van der Waals surface area contributed by atoms with E-state index >= 15 is 0 Å². The maximum atomic E-state index is 14.0. The van der Waals surface area contributed by atoms with E-state index in [1.54, 1.807) is 37.3 Å². The minimum absolute atomic E-state index is 0.0932. The van der Waals surface area contributed by atoms with Crippen molar-refractivity contribution in [2.75, 3.05) is 17.4 Å². The normalized spacial score (nSPS) is 12.1. The highest BCUT2D eigenvalue weighted by molar-refractivity contribution is 9.10. The predicted octanol–water partition coefficient (Wildman–Crippen LogP) is 5.90. The molecule has 3 rings (SSSR count). The van der Waals surface area contributed by atoms with Crippen LogP contribution in [0.1, 0.15) is 48.9 Å². The maximum absolute atomic E-state index is 14.0. The van der Waals surface area contributed by atoms with Crippen LogP contribution in [0.5, 0.6) is 0 Å². The molecule has 1 unspecified atom stereocenters. The summed E-state index contributed by atoms with van der Waals surface area (Å²) in [6, 6.07) is 18.8. The first-order valence-electron chi connectivity index (χ1n) is 13.4. The number of nitrogens with zero attached hydrogens (tertiary/aromatic N) is 2. The Balaban J connectivity index is 2.04. The Morgan fingerprint density at radius 1 is 0.950 bits per heavy atom. The van der Waals surface area contributed by atoms with Gasteiger partial charge in [0.2, 0.25) is 11.8 Å². The number of unbranched alkanes of at least 4 members (excludes halogenated alkanes) is 1.